The molecule has 0 heterocycles. The predicted octanol–water partition coefficient (Wildman–Crippen LogP) is 3.43. The first kappa shape index (κ1) is 15.2. The van der Waals surface area contributed by atoms with Crippen LogP contribution in [0.25, 0.3) is 0 Å². The molecule has 1 atom stereocenters. The van der Waals surface area contributed by atoms with Crippen molar-refractivity contribution < 1.29 is 0 Å². The van der Waals surface area contributed by atoms with Crippen molar-refractivity contribution in [2.45, 2.75) is 46.1 Å². The molecule has 1 aromatic carbocycles. The lowest BCUT2D eigenvalue weighted by Crippen LogP contribution is -2.29. The summed E-state index contributed by atoms with van der Waals surface area (Å²) in [6.45, 7) is 8.61. The van der Waals surface area contributed by atoms with E-state index in [1.54, 1.807) is 0 Å². The summed E-state index contributed by atoms with van der Waals surface area (Å²) in [5.41, 5.74) is 10.2. The number of hydrogen-bond acceptors (Lipinski definition) is 2. The Bertz CT molecular complexity index is 360. The summed E-state index contributed by atoms with van der Waals surface area (Å²) < 4.78 is 0. The molecule has 0 aliphatic carbocycles. The Morgan fingerprint density at radius 1 is 1.17 bits per heavy atom. The molecule has 0 saturated heterocycles. The summed E-state index contributed by atoms with van der Waals surface area (Å²) in [6, 6.07) is 6.67. The van der Waals surface area contributed by atoms with Gasteiger partial charge in [0.05, 0.1) is 0 Å². The second-order valence-electron chi connectivity index (χ2n) is 5.42. The highest BCUT2D eigenvalue weighted by molar-refractivity contribution is 5.31. The summed E-state index contributed by atoms with van der Waals surface area (Å²) in [4.78, 5) is 2.34. The zero-order valence-electron chi connectivity index (χ0n) is 12.4. The standard InChI is InChI=1S/C16H28N2/c1-5-6-7-10-18(4)12-16(17)15-9-8-13(2)14(3)11-15/h8-9,11,16H,5-7,10,12,17H2,1-4H3. The third kappa shape index (κ3) is 4.79. The molecule has 0 aliphatic heterocycles. The van der Waals surface area contributed by atoms with Crippen molar-refractivity contribution in [3.8, 4) is 0 Å². The van der Waals surface area contributed by atoms with Crippen molar-refractivity contribution >= 4 is 0 Å². The zero-order valence-corrected chi connectivity index (χ0v) is 12.4. The van der Waals surface area contributed by atoms with E-state index in [9.17, 15) is 0 Å². The Kier molecular flexibility index (Phi) is 6.37. The maximum Gasteiger partial charge on any atom is 0.0424 e. The number of hydrogen-bond donors (Lipinski definition) is 1. The number of likely N-dealkylation sites (N-methyl/N-ethyl adjacent to an activating group) is 1. The smallest absolute Gasteiger partial charge is 0.0424 e. The van der Waals surface area contributed by atoms with Crippen LogP contribution in [0.1, 0.15) is 48.9 Å². The van der Waals surface area contributed by atoms with Gasteiger partial charge in [-0.3, -0.25) is 0 Å². The van der Waals surface area contributed by atoms with Crippen LogP contribution in [0.2, 0.25) is 0 Å². The molecular weight excluding hydrogens is 220 g/mol. The van der Waals surface area contributed by atoms with Crippen LogP contribution in [0.15, 0.2) is 18.2 Å². The highest BCUT2D eigenvalue weighted by Gasteiger charge is 2.09. The minimum absolute atomic E-state index is 0.121. The van der Waals surface area contributed by atoms with Crippen LogP contribution in [0.5, 0.6) is 0 Å². The van der Waals surface area contributed by atoms with Gasteiger partial charge in [0.25, 0.3) is 0 Å². The molecule has 102 valence electrons. The largest absolute Gasteiger partial charge is 0.323 e. The summed E-state index contributed by atoms with van der Waals surface area (Å²) in [5.74, 6) is 0. The molecule has 0 aromatic heterocycles. The summed E-state index contributed by atoms with van der Waals surface area (Å²) >= 11 is 0. The van der Waals surface area contributed by atoms with Crippen molar-refractivity contribution in [2.24, 2.45) is 5.73 Å². The monoisotopic (exact) mass is 248 g/mol. The summed E-state index contributed by atoms with van der Waals surface area (Å²) in [6.07, 6.45) is 3.85. The first-order valence-electron chi connectivity index (χ1n) is 7.06. The van der Waals surface area contributed by atoms with Crippen LogP contribution >= 0.6 is 0 Å². The van der Waals surface area contributed by atoms with Crippen LogP contribution in [0.3, 0.4) is 0 Å². The molecule has 1 aromatic rings. The van der Waals surface area contributed by atoms with Gasteiger partial charge in [0.1, 0.15) is 0 Å². The average Bonchev–Trinajstić information content (AvgIpc) is 2.33. The van der Waals surface area contributed by atoms with Crippen LogP contribution in [0, 0.1) is 13.8 Å². The first-order chi connectivity index (χ1) is 8.54. The highest BCUT2D eigenvalue weighted by atomic mass is 15.1. The van der Waals surface area contributed by atoms with Gasteiger partial charge in [0, 0.05) is 12.6 Å². The van der Waals surface area contributed by atoms with Crippen molar-refractivity contribution in [3.05, 3.63) is 34.9 Å². The van der Waals surface area contributed by atoms with Crippen molar-refractivity contribution in [3.63, 3.8) is 0 Å². The molecular formula is C16H28N2. The van der Waals surface area contributed by atoms with Gasteiger partial charge in [-0.25, -0.2) is 0 Å². The molecule has 0 radical (unpaired) electrons. The molecule has 2 nitrogen and oxygen atoms in total. The summed E-state index contributed by atoms with van der Waals surface area (Å²) in [7, 11) is 2.16. The summed E-state index contributed by atoms with van der Waals surface area (Å²) in [5, 5.41) is 0. The topological polar surface area (TPSA) is 29.3 Å². The van der Waals surface area contributed by atoms with E-state index in [-0.39, 0.29) is 6.04 Å². The lowest BCUT2D eigenvalue weighted by atomic mass is 10.0. The minimum atomic E-state index is 0.121. The fraction of sp³-hybridized carbons (Fsp3) is 0.625. The van der Waals surface area contributed by atoms with Gasteiger partial charge >= 0.3 is 0 Å². The molecule has 2 heteroatoms. The van der Waals surface area contributed by atoms with E-state index in [0.717, 1.165) is 13.1 Å². The second-order valence-corrected chi connectivity index (χ2v) is 5.42. The fourth-order valence-corrected chi connectivity index (χ4v) is 2.16. The Hall–Kier alpha value is -0.860. The molecule has 1 rings (SSSR count). The average molecular weight is 248 g/mol. The van der Waals surface area contributed by atoms with Gasteiger partial charge in [0.2, 0.25) is 0 Å². The number of nitrogens with two attached hydrogens (primary N) is 1. The van der Waals surface area contributed by atoms with Crippen molar-refractivity contribution in [2.75, 3.05) is 20.1 Å². The quantitative estimate of drug-likeness (QED) is 0.749. The third-order valence-electron chi connectivity index (χ3n) is 3.61. The molecule has 0 spiro atoms. The van der Waals surface area contributed by atoms with Crippen molar-refractivity contribution in [1.82, 2.24) is 4.90 Å². The molecule has 0 bridgehead atoms. The second kappa shape index (κ2) is 7.55. The molecule has 2 N–H and O–H groups in total. The van der Waals surface area contributed by atoms with E-state index in [1.807, 2.05) is 0 Å². The first-order valence-corrected chi connectivity index (χ1v) is 7.06. The Morgan fingerprint density at radius 3 is 2.50 bits per heavy atom. The van der Waals surface area contributed by atoms with Gasteiger partial charge in [-0.2, -0.15) is 0 Å². The molecule has 1 unspecified atom stereocenters. The van der Waals surface area contributed by atoms with E-state index in [4.69, 9.17) is 5.73 Å². The van der Waals surface area contributed by atoms with Gasteiger partial charge < -0.3 is 10.6 Å². The lowest BCUT2D eigenvalue weighted by Gasteiger charge is -2.22. The molecule has 0 amide bonds. The van der Waals surface area contributed by atoms with Crippen LogP contribution < -0.4 is 5.73 Å². The van der Waals surface area contributed by atoms with Gasteiger partial charge in [-0.05, 0) is 50.6 Å². The van der Waals surface area contributed by atoms with Crippen molar-refractivity contribution in [1.29, 1.82) is 0 Å². The highest BCUT2D eigenvalue weighted by Crippen LogP contribution is 2.16. The van der Waals surface area contributed by atoms with Crippen LogP contribution in [0.4, 0.5) is 0 Å². The lowest BCUT2D eigenvalue weighted by molar-refractivity contribution is 0.305. The van der Waals surface area contributed by atoms with E-state index >= 15 is 0 Å². The van der Waals surface area contributed by atoms with Crippen LogP contribution in [-0.2, 0) is 0 Å². The number of unbranched alkanes of at least 4 members (excludes halogenated alkanes) is 2. The number of aryl methyl sites for hydroxylation is 2. The Labute approximate surface area is 112 Å². The number of benzene rings is 1. The van der Waals surface area contributed by atoms with Gasteiger partial charge in [-0.15, -0.1) is 0 Å². The van der Waals surface area contributed by atoms with Crippen LogP contribution in [-0.4, -0.2) is 25.0 Å². The van der Waals surface area contributed by atoms with Gasteiger partial charge in [0.15, 0.2) is 0 Å². The molecule has 18 heavy (non-hydrogen) atoms. The minimum Gasteiger partial charge on any atom is -0.323 e. The molecule has 0 saturated carbocycles. The van der Waals surface area contributed by atoms with E-state index in [2.05, 4.69) is 50.9 Å². The Morgan fingerprint density at radius 2 is 1.89 bits per heavy atom. The predicted molar refractivity (Wildman–Crippen MR) is 79.9 cm³/mol. The normalized spacial score (nSPS) is 13.0. The fourth-order valence-electron chi connectivity index (χ4n) is 2.16. The van der Waals surface area contributed by atoms with E-state index in [0.29, 0.717) is 0 Å². The molecule has 0 aliphatic rings. The maximum absolute atomic E-state index is 6.28. The maximum atomic E-state index is 6.28. The SMILES string of the molecule is CCCCCN(C)CC(N)c1ccc(C)c(C)c1. The Balaban J connectivity index is 2.48. The third-order valence-corrected chi connectivity index (χ3v) is 3.61. The van der Waals surface area contributed by atoms with E-state index in [1.165, 1.54) is 36.0 Å². The van der Waals surface area contributed by atoms with E-state index < -0.39 is 0 Å². The molecule has 0 fully saturated rings. The number of nitrogens with zero attached hydrogens (tertiary/aromatic N) is 1. The van der Waals surface area contributed by atoms with Gasteiger partial charge in [-0.1, -0.05) is 38.0 Å². The number of rotatable bonds is 7. The zero-order chi connectivity index (χ0) is 13.5.